The van der Waals surface area contributed by atoms with Gasteiger partial charge in [0, 0.05) is 6.42 Å². The molecule has 1 aliphatic rings. The van der Waals surface area contributed by atoms with Crippen molar-refractivity contribution in [3.05, 3.63) is 60.8 Å². The van der Waals surface area contributed by atoms with E-state index in [0.29, 0.717) is 6.42 Å². The van der Waals surface area contributed by atoms with E-state index >= 15 is 0 Å². The average molecular weight is 1040 g/mol. The van der Waals surface area contributed by atoms with Gasteiger partial charge in [0.2, 0.25) is 5.91 Å². The maximum atomic E-state index is 13.1. The topological polar surface area (TPSA) is 149 Å². The Morgan fingerprint density at radius 1 is 0.473 bits per heavy atom. The van der Waals surface area contributed by atoms with E-state index in [4.69, 9.17) is 9.47 Å². The van der Waals surface area contributed by atoms with Gasteiger partial charge >= 0.3 is 0 Å². The molecule has 1 saturated heterocycles. The summed E-state index contributed by atoms with van der Waals surface area (Å²) in [6.45, 7) is 3.68. The molecule has 0 aliphatic carbocycles. The summed E-state index contributed by atoms with van der Waals surface area (Å²) in [5, 5.41) is 54.5. The zero-order valence-electron chi connectivity index (χ0n) is 48.1. The van der Waals surface area contributed by atoms with E-state index in [1.807, 2.05) is 6.08 Å². The molecule has 7 unspecified atom stereocenters. The highest BCUT2D eigenvalue weighted by Gasteiger charge is 2.44. The number of aliphatic hydroxyl groups is 5. The van der Waals surface area contributed by atoms with Crippen molar-refractivity contribution >= 4 is 5.91 Å². The first-order chi connectivity index (χ1) is 36.3. The van der Waals surface area contributed by atoms with E-state index in [9.17, 15) is 30.3 Å². The smallest absolute Gasteiger partial charge is 0.220 e. The molecule has 0 bridgehead atoms. The maximum Gasteiger partial charge on any atom is 0.220 e. The predicted octanol–water partition coefficient (Wildman–Crippen LogP) is 16.2. The number of rotatable bonds is 54. The first-order valence-electron chi connectivity index (χ1n) is 31.5. The summed E-state index contributed by atoms with van der Waals surface area (Å²) in [6.07, 6.45) is 67.5. The van der Waals surface area contributed by atoms with Gasteiger partial charge in [0.25, 0.3) is 0 Å². The van der Waals surface area contributed by atoms with Crippen molar-refractivity contribution in [3.63, 3.8) is 0 Å². The van der Waals surface area contributed by atoms with Crippen molar-refractivity contribution < 1.29 is 39.8 Å². The van der Waals surface area contributed by atoms with Gasteiger partial charge in [-0.3, -0.25) is 4.79 Å². The summed E-state index contributed by atoms with van der Waals surface area (Å²) in [4.78, 5) is 13.1. The number of hydrogen-bond acceptors (Lipinski definition) is 8. The third-order valence-electron chi connectivity index (χ3n) is 14.8. The number of carbonyl (C=O) groups excluding carboxylic acids is 1. The Labute approximate surface area is 456 Å². The number of unbranched alkanes of at least 4 members (excludes halogenated alkanes) is 36. The van der Waals surface area contributed by atoms with Crippen LogP contribution < -0.4 is 5.32 Å². The van der Waals surface area contributed by atoms with Crippen molar-refractivity contribution in [2.45, 2.75) is 333 Å². The molecular weight excluding hydrogens is 923 g/mol. The molecule has 432 valence electrons. The SMILES string of the molecule is CC/C=C\C/C=C\C/C=C\C/C=C\CCCCCCCCCCCCCCCCCCCCCCCCCCC(=O)NC(COC1OC(CO)C(O)C(O)C1O)C(O)/C=C/CCCCCCCCCCCCCC. The fourth-order valence-corrected chi connectivity index (χ4v) is 9.92. The van der Waals surface area contributed by atoms with Crippen LogP contribution >= 0.6 is 0 Å². The molecule has 0 saturated carbocycles. The number of ether oxygens (including phenoxy) is 2. The largest absolute Gasteiger partial charge is 0.394 e. The van der Waals surface area contributed by atoms with Crippen LogP contribution in [0, 0.1) is 0 Å². The molecule has 1 amide bonds. The Balaban J connectivity index is 2.06. The minimum Gasteiger partial charge on any atom is -0.394 e. The van der Waals surface area contributed by atoms with Gasteiger partial charge in [-0.05, 0) is 57.8 Å². The van der Waals surface area contributed by atoms with E-state index < -0.39 is 49.5 Å². The summed E-state index contributed by atoms with van der Waals surface area (Å²) in [7, 11) is 0. The molecule has 6 N–H and O–H groups in total. The van der Waals surface area contributed by atoms with E-state index in [1.165, 1.54) is 205 Å². The minimum atomic E-state index is -1.57. The van der Waals surface area contributed by atoms with Gasteiger partial charge < -0.3 is 40.3 Å². The molecule has 0 aromatic heterocycles. The normalized spacial score (nSPS) is 19.4. The lowest BCUT2D eigenvalue weighted by molar-refractivity contribution is -0.302. The number of allylic oxidation sites excluding steroid dienone is 9. The zero-order valence-corrected chi connectivity index (χ0v) is 48.1. The van der Waals surface area contributed by atoms with Gasteiger partial charge in [-0.15, -0.1) is 0 Å². The van der Waals surface area contributed by atoms with Crippen molar-refractivity contribution in [1.29, 1.82) is 0 Å². The molecule has 74 heavy (non-hydrogen) atoms. The molecule has 0 radical (unpaired) electrons. The van der Waals surface area contributed by atoms with Crippen LogP contribution in [0.2, 0.25) is 0 Å². The Hall–Kier alpha value is -2.11. The average Bonchev–Trinajstić information content (AvgIpc) is 3.40. The highest BCUT2D eigenvalue weighted by molar-refractivity contribution is 5.76. The van der Waals surface area contributed by atoms with Crippen molar-refractivity contribution in [2.24, 2.45) is 0 Å². The number of hydrogen-bond donors (Lipinski definition) is 6. The lowest BCUT2D eigenvalue weighted by Crippen LogP contribution is -2.60. The summed E-state index contributed by atoms with van der Waals surface area (Å²) in [5.74, 6) is -0.173. The second-order valence-corrected chi connectivity index (χ2v) is 21.8. The molecule has 9 nitrogen and oxygen atoms in total. The van der Waals surface area contributed by atoms with Crippen LogP contribution in [-0.2, 0) is 14.3 Å². The molecular formula is C65H119NO8. The van der Waals surface area contributed by atoms with E-state index in [1.54, 1.807) is 6.08 Å². The molecule has 0 spiro atoms. The quantitative estimate of drug-likeness (QED) is 0.0261. The third-order valence-corrected chi connectivity index (χ3v) is 14.8. The fraction of sp³-hybridized carbons (Fsp3) is 0.831. The Kier molecular flexibility index (Phi) is 51.3. The van der Waals surface area contributed by atoms with Gasteiger partial charge in [0.05, 0.1) is 25.4 Å². The zero-order chi connectivity index (χ0) is 53.6. The summed E-state index contributed by atoms with van der Waals surface area (Å²) < 4.78 is 11.3. The highest BCUT2D eigenvalue weighted by atomic mass is 16.7. The molecule has 9 heteroatoms. The first-order valence-corrected chi connectivity index (χ1v) is 31.5. The number of amides is 1. The summed E-state index contributed by atoms with van der Waals surface area (Å²) in [6, 6.07) is -0.803. The Morgan fingerprint density at radius 2 is 0.838 bits per heavy atom. The molecule has 0 aromatic carbocycles. The van der Waals surface area contributed by atoms with Gasteiger partial charge in [0.1, 0.15) is 24.4 Å². The lowest BCUT2D eigenvalue weighted by Gasteiger charge is -2.40. The molecule has 1 heterocycles. The second-order valence-electron chi connectivity index (χ2n) is 21.8. The molecule has 7 atom stereocenters. The lowest BCUT2D eigenvalue weighted by atomic mass is 9.99. The van der Waals surface area contributed by atoms with Gasteiger partial charge in [-0.2, -0.15) is 0 Å². The van der Waals surface area contributed by atoms with Crippen LogP contribution in [0.5, 0.6) is 0 Å². The molecule has 1 rings (SSSR count). The Morgan fingerprint density at radius 3 is 1.24 bits per heavy atom. The van der Waals surface area contributed by atoms with Crippen LogP contribution in [0.15, 0.2) is 60.8 Å². The van der Waals surface area contributed by atoms with Crippen LogP contribution in [0.1, 0.15) is 290 Å². The Bertz CT molecular complexity index is 1350. The molecule has 0 aromatic rings. The van der Waals surface area contributed by atoms with E-state index in [0.717, 1.165) is 64.2 Å². The number of aliphatic hydroxyl groups excluding tert-OH is 5. The van der Waals surface area contributed by atoms with Crippen LogP contribution in [0.3, 0.4) is 0 Å². The van der Waals surface area contributed by atoms with Crippen molar-refractivity contribution in [1.82, 2.24) is 5.32 Å². The van der Waals surface area contributed by atoms with E-state index in [-0.39, 0.29) is 12.5 Å². The summed E-state index contributed by atoms with van der Waals surface area (Å²) in [5.41, 5.74) is 0. The maximum absolute atomic E-state index is 13.1. The minimum absolute atomic E-state index is 0.173. The van der Waals surface area contributed by atoms with Crippen LogP contribution in [-0.4, -0.2) is 87.5 Å². The van der Waals surface area contributed by atoms with Gasteiger partial charge in [0.15, 0.2) is 6.29 Å². The standard InChI is InChI=1S/C65H119NO8/c1-3-5-7-9-11-13-15-17-19-20-21-22-23-24-25-26-27-28-29-30-31-32-33-34-35-36-37-38-39-40-41-43-45-47-49-51-53-55-61(69)66-58(57-73-65-64(72)63(71)62(70)60(56-67)74-65)59(68)54-52-50-48-46-44-42-18-16-14-12-10-8-6-4-2/h5,7,11,13,17,19,21-22,52,54,58-60,62-65,67-68,70-72H,3-4,6,8-10,12,14-16,18,20,23-51,53,55-57H2,1-2H3,(H,66,69)/b7-5-,13-11-,19-17-,22-21-,54-52+. The van der Waals surface area contributed by atoms with Crippen molar-refractivity contribution in [2.75, 3.05) is 13.2 Å². The molecule has 1 fully saturated rings. The van der Waals surface area contributed by atoms with E-state index in [2.05, 4.69) is 67.8 Å². The van der Waals surface area contributed by atoms with Crippen LogP contribution in [0.25, 0.3) is 0 Å². The monoisotopic (exact) mass is 1040 g/mol. The van der Waals surface area contributed by atoms with Gasteiger partial charge in [-0.25, -0.2) is 0 Å². The van der Waals surface area contributed by atoms with Crippen molar-refractivity contribution in [3.8, 4) is 0 Å². The first kappa shape index (κ1) is 69.9. The van der Waals surface area contributed by atoms with Gasteiger partial charge in [-0.1, -0.05) is 286 Å². The number of carbonyl (C=O) groups is 1. The highest BCUT2D eigenvalue weighted by Crippen LogP contribution is 2.23. The fourth-order valence-electron chi connectivity index (χ4n) is 9.92. The third kappa shape index (κ3) is 42.9. The summed E-state index contributed by atoms with van der Waals surface area (Å²) >= 11 is 0. The van der Waals surface area contributed by atoms with Crippen LogP contribution in [0.4, 0.5) is 0 Å². The second kappa shape index (κ2) is 54.3. The number of nitrogens with one attached hydrogen (secondary N) is 1. The molecule has 1 aliphatic heterocycles. The predicted molar refractivity (Wildman–Crippen MR) is 313 cm³/mol.